The van der Waals surface area contributed by atoms with Crippen molar-refractivity contribution >= 4 is 0 Å². The second-order valence-electron chi connectivity index (χ2n) is 2.31. The zero-order chi connectivity index (χ0) is 8.15. The van der Waals surface area contributed by atoms with Gasteiger partial charge in [-0.25, -0.2) is 0 Å². The van der Waals surface area contributed by atoms with E-state index in [0.29, 0.717) is 0 Å². The van der Waals surface area contributed by atoms with E-state index >= 15 is 0 Å². The third-order valence-electron chi connectivity index (χ3n) is 1.56. The Hall–Kier alpha value is -0.600. The number of hydrogen-bond donors (Lipinski definition) is 2. The molecular weight excluding hydrogens is 128 g/mol. The van der Waals surface area contributed by atoms with E-state index in [2.05, 4.69) is 13.2 Å². The van der Waals surface area contributed by atoms with Crippen molar-refractivity contribution in [1.29, 1.82) is 0 Å². The molecule has 2 atom stereocenters. The van der Waals surface area contributed by atoms with Crippen LogP contribution in [0.2, 0.25) is 0 Å². The van der Waals surface area contributed by atoms with E-state index in [9.17, 15) is 0 Å². The molecule has 0 amide bonds. The molecule has 0 aromatic heterocycles. The first kappa shape index (κ1) is 9.40. The summed E-state index contributed by atoms with van der Waals surface area (Å²) in [5, 5.41) is 18.2. The lowest BCUT2D eigenvalue weighted by Crippen LogP contribution is -2.25. The van der Waals surface area contributed by atoms with E-state index in [1.807, 2.05) is 0 Å². The first-order valence-corrected chi connectivity index (χ1v) is 3.24. The van der Waals surface area contributed by atoms with Crippen LogP contribution in [0.4, 0.5) is 0 Å². The van der Waals surface area contributed by atoms with Crippen molar-refractivity contribution in [2.75, 3.05) is 0 Å². The first-order chi connectivity index (χ1) is 4.63. The summed E-state index contributed by atoms with van der Waals surface area (Å²) < 4.78 is 0. The summed E-state index contributed by atoms with van der Waals surface area (Å²) in [5.41, 5.74) is 0. The summed E-state index contributed by atoms with van der Waals surface area (Å²) in [7, 11) is 0. The Labute approximate surface area is 61.5 Å². The number of hydrogen-bond acceptors (Lipinski definition) is 2. The largest absolute Gasteiger partial charge is 0.389 e. The van der Waals surface area contributed by atoms with Gasteiger partial charge in [0.1, 0.15) is 0 Å². The van der Waals surface area contributed by atoms with Gasteiger partial charge in [0.25, 0.3) is 0 Å². The zero-order valence-electron chi connectivity index (χ0n) is 6.20. The molecule has 0 fully saturated rings. The summed E-state index contributed by atoms with van der Waals surface area (Å²) in [4.78, 5) is 0. The topological polar surface area (TPSA) is 40.5 Å². The van der Waals surface area contributed by atoms with Crippen LogP contribution >= 0.6 is 0 Å². The summed E-state index contributed by atoms with van der Waals surface area (Å²) in [6.07, 6.45) is 1.48. The van der Waals surface area contributed by atoms with Gasteiger partial charge in [0, 0.05) is 5.92 Å². The van der Waals surface area contributed by atoms with Gasteiger partial charge in [-0.1, -0.05) is 19.1 Å². The predicted molar refractivity (Wildman–Crippen MR) is 41.6 cm³/mol. The van der Waals surface area contributed by atoms with Gasteiger partial charge in [-0.15, -0.1) is 13.2 Å². The molecule has 0 heterocycles. The van der Waals surface area contributed by atoms with Crippen LogP contribution in [-0.2, 0) is 0 Å². The maximum atomic E-state index is 9.10. The van der Waals surface area contributed by atoms with Crippen LogP contribution in [0, 0.1) is 5.92 Å². The van der Waals surface area contributed by atoms with Crippen molar-refractivity contribution in [2.45, 2.75) is 19.1 Å². The van der Waals surface area contributed by atoms with Crippen LogP contribution in [0.15, 0.2) is 25.3 Å². The molecule has 0 radical (unpaired) electrons. The van der Waals surface area contributed by atoms with Gasteiger partial charge >= 0.3 is 0 Å². The van der Waals surface area contributed by atoms with Crippen LogP contribution in [0.3, 0.4) is 0 Å². The Morgan fingerprint density at radius 1 is 1.10 bits per heavy atom. The van der Waals surface area contributed by atoms with Crippen molar-refractivity contribution < 1.29 is 10.2 Å². The van der Waals surface area contributed by atoms with Crippen molar-refractivity contribution in [3.63, 3.8) is 0 Å². The van der Waals surface area contributed by atoms with E-state index in [1.165, 1.54) is 12.2 Å². The van der Waals surface area contributed by atoms with Crippen molar-refractivity contribution in [3.05, 3.63) is 25.3 Å². The summed E-state index contributed by atoms with van der Waals surface area (Å²) in [6.45, 7) is 8.54. The van der Waals surface area contributed by atoms with Crippen LogP contribution in [0.25, 0.3) is 0 Å². The van der Waals surface area contributed by atoms with E-state index in [0.717, 1.165) is 0 Å². The van der Waals surface area contributed by atoms with Crippen LogP contribution in [-0.4, -0.2) is 22.4 Å². The predicted octanol–water partition coefficient (Wildman–Crippen LogP) is 0.716. The Balaban J connectivity index is 3.91. The van der Waals surface area contributed by atoms with E-state index in [-0.39, 0.29) is 5.92 Å². The highest BCUT2D eigenvalue weighted by Crippen LogP contribution is 2.09. The average molecular weight is 142 g/mol. The van der Waals surface area contributed by atoms with Gasteiger partial charge in [-0.05, 0) is 0 Å². The quantitative estimate of drug-likeness (QED) is 0.568. The molecule has 2 N–H and O–H groups in total. The molecule has 58 valence electrons. The number of aliphatic hydroxyl groups excluding tert-OH is 2. The molecule has 2 heteroatoms. The smallest absolute Gasteiger partial charge is 0.0771 e. The molecule has 0 unspecified atom stereocenters. The Morgan fingerprint density at radius 3 is 1.60 bits per heavy atom. The average Bonchev–Trinajstić information content (AvgIpc) is 2.00. The molecule has 0 saturated carbocycles. The lowest BCUT2D eigenvalue weighted by molar-refractivity contribution is 0.0730. The molecule has 0 aromatic carbocycles. The standard InChI is InChI=1S/C8H14O2/c1-4-7(9)6(3)8(10)5-2/h4-10H,1-2H2,3H3/t7-,8-/m1/s1. The number of aliphatic hydroxyl groups is 2. The minimum absolute atomic E-state index is 0.227. The third-order valence-corrected chi connectivity index (χ3v) is 1.56. The van der Waals surface area contributed by atoms with Gasteiger partial charge in [0.05, 0.1) is 12.2 Å². The zero-order valence-corrected chi connectivity index (χ0v) is 6.20. The van der Waals surface area contributed by atoms with Gasteiger partial charge in [-0.2, -0.15) is 0 Å². The summed E-state index contributed by atoms with van der Waals surface area (Å²) >= 11 is 0. The summed E-state index contributed by atoms with van der Waals surface area (Å²) in [6, 6.07) is 0. The SMILES string of the molecule is C=C[C@@H](O)C(C)[C@H](O)C=C. The Kier molecular flexibility index (Phi) is 4.00. The van der Waals surface area contributed by atoms with Gasteiger partial charge in [0.2, 0.25) is 0 Å². The molecule has 10 heavy (non-hydrogen) atoms. The molecule has 0 aliphatic carbocycles. The minimum Gasteiger partial charge on any atom is -0.389 e. The monoisotopic (exact) mass is 142 g/mol. The fourth-order valence-electron chi connectivity index (χ4n) is 0.631. The fraction of sp³-hybridized carbons (Fsp3) is 0.500. The number of rotatable bonds is 4. The van der Waals surface area contributed by atoms with Crippen LogP contribution in [0.1, 0.15) is 6.92 Å². The molecule has 0 saturated heterocycles. The lowest BCUT2D eigenvalue weighted by Gasteiger charge is -2.18. The Bertz CT molecular complexity index is 106. The van der Waals surface area contributed by atoms with Gasteiger partial charge in [-0.3, -0.25) is 0 Å². The molecule has 0 aromatic rings. The fourth-order valence-corrected chi connectivity index (χ4v) is 0.631. The van der Waals surface area contributed by atoms with E-state index in [4.69, 9.17) is 10.2 Å². The third kappa shape index (κ3) is 2.33. The van der Waals surface area contributed by atoms with Crippen molar-refractivity contribution in [2.24, 2.45) is 5.92 Å². The molecule has 0 rings (SSSR count). The highest BCUT2D eigenvalue weighted by Gasteiger charge is 2.16. The minimum atomic E-state index is -0.659. The van der Waals surface area contributed by atoms with Crippen LogP contribution in [0.5, 0.6) is 0 Å². The highest BCUT2D eigenvalue weighted by atomic mass is 16.3. The van der Waals surface area contributed by atoms with Gasteiger partial charge in [0.15, 0.2) is 0 Å². The normalized spacial score (nSPS) is 16.4. The van der Waals surface area contributed by atoms with Gasteiger partial charge < -0.3 is 10.2 Å². The molecule has 0 aliphatic rings. The van der Waals surface area contributed by atoms with Crippen molar-refractivity contribution in [1.82, 2.24) is 0 Å². The first-order valence-electron chi connectivity index (χ1n) is 3.24. The molecule has 2 nitrogen and oxygen atoms in total. The second kappa shape index (κ2) is 4.25. The van der Waals surface area contributed by atoms with Crippen LogP contribution < -0.4 is 0 Å². The highest BCUT2D eigenvalue weighted by molar-refractivity contribution is 4.91. The maximum absolute atomic E-state index is 9.10. The van der Waals surface area contributed by atoms with E-state index < -0.39 is 12.2 Å². The molecular formula is C8H14O2. The Morgan fingerprint density at radius 2 is 1.40 bits per heavy atom. The summed E-state index contributed by atoms with van der Waals surface area (Å²) in [5.74, 6) is -0.227. The second-order valence-corrected chi connectivity index (χ2v) is 2.31. The van der Waals surface area contributed by atoms with E-state index in [1.54, 1.807) is 6.92 Å². The molecule has 0 spiro atoms. The maximum Gasteiger partial charge on any atom is 0.0771 e. The van der Waals surface area contributed by atoms with Crippen molar-refractivity contribution in [3.8, 4) is 0 Å². The lowest BCUT2D eigenvalue weighted by atomic mass is 9.98. The molecule has 0 bridgehead atoms. The molecule has 0 aliphatic heterocycles.